The molecule has 0 radical (unpaired) electrons. The Bertz CT molecular complexity index is 601. The summed E-state index contributed by atoms with van der Waals surface area (Å²) in [5, 5.41) is 3.58. The predicted octanol–water partition coefficient (Wildman–Crippen LogP) is 3.61. The Balaban J connectivity index is 1.94. The molecule has 0 fully saturated rings. The summed E-state index contributed by atoms with van der Waals surface area (Å²) in [6.07, 6.45) is 0.249. The molecule has 1 amide bonds. The van der Waals surface area contributed by atoms with Crippen LogP contribution in [0.25, 0.3) is 0 Å². The molecular formula is C17H19ClN2O. The van der Waals surface area contributed by atoms with E-state index in [2.05, 4.69) is 5.32 Å². The van der Waals surface area contributed by atoms with Gasteiger partial charge >= 0.3 is 0 Å². The highest BCUT2D eigenvalue weighted by molar-refractivity contribution is 6.31. The summed E-state index contributed by atoms with van der Waals surface area (Å²) < 4.78 is 0. The van der Waals surface area contributed by atoms with Crippen molar-refractivity contribution < 1.29 is 4.79 Å². The van der Waals surface area contributed by atoms with Gasteiger partial charge in [0.25, 0.3) is 0 Å². The highest BCUT2D eigenvalue weighted by atomic mass is 35.5. The lowest BCUT2D eigenvalue weighted by molar-refractivity contribution is -0.122. The number of carbonyl (C=O) groups excluding carboxylic acids is 1. The fourth-order valence-corrected chi connectivity index (χ4v) is 2.52. The number of nitrogens with one attached hydrogen (secondary N) is 1. The Morgan fingerprint density at radius 3 is 2.43 bits per heavy atom. The van der Waals surface area contributed by atoms with E-state index in [9.17, 15) is 4.79 Å². The van der Waals surface area contributed by atoms with Crippen molar-refractivity contribution >= 4 is 17.5 Å². The van der Waals surface area contributed by atoms with E-state index in [4.69, 9.17) is 17.3 Å². The van der Waals surface area contributed by atoms with Gasteiger partial charge < -0.3 is 11.1 Å². The molecule has 1 unspecified atom stereocenters. The molecule has 3 nitrogen and oxygen atoms in total. The average molecular weight is 303 g/mol. The van der Waals surface area contributed by atoms with Crippen molar-refractivity contribution in [3.63, 3.8) is 0 Å². The Hall–Kier alpha value is -1.84. The van der Waals surface area contributed by atoms with Crippen LogP contribution in [0.3, 0.4) is 0 Å². The molecule has 0 aliphatic heterocycles. The molecule has 2 atom stereocenters. The fourth-order valence-electron chi connectivity index (χ4n) is 2.22. The van der Waals surface area contributed by atoms with E-state index >= 15 is 0 Å². The third-order valence-electron chi connectivity index (χ3n) is 3.38. The van der Waals surface area contributed by atoms with Gasteiger partial charge in [0.1, 0.15) is 0 Å². The summed E-state index contributed by atoms with van der Waals surface area (Å²) in [5.41, 5.74) is 7.91. The molecule has 2 rings (SSSR count). The highest BCUT2D eigenvalue weighted by Gasteiger charge is 2.15. The van der Waals surface area contributed by atoms with Gasteiger partial charge in [0.2, 0.25) is 5.91 Å². The predicted molar refractivity (Wildman–Crippen MR) is 86.0 cm³/mol. The maximum atomic E-state index is 12.1. The smallest absolute Gasteiger partial charge is 0.222 e. The van der Waals surface area contributed by atoms with Gasteiger partial charge in [-0.3, -0.25) is 4.79 Å². The molecule has 0 aliphatic carbocycles. The van der Waals surface area contributed by atoms with Gasteiger partial charge in [-0.05, 0) is 24.1 Å². The van der Waals surface area contributed by atoms with Crippen molar-refractivity contribution in [3.05, 3.63) is 70.7 Å². The lowest BCUT2D eigenvalue weighted by Gasteiger charge is -2.17. The van der Waals surface area contributed by atoms with E-state index in [1.807, 2.05) is 61.5 Å². The SMILES string of the molecule is C[C@@H](NC(=O)CC(N)c1ccccc1)c1ccccc1Cl. The molecule has 0 heterocycles. The molecule has 0 saturated heterocycles. The summed E-state index contributed by atoms with van der Waals surface area (Å²) in [4.78, 5) is 12.1. The molecular weight excluding hydrogens is 284 g/mol. The minimum atomic E-state index is -0.301. The largest absolute Gasteiger partial charge is 0.349 e. The first-order valence-corrected chi connectivity index (χ1v) is 7.30. The Labute approximate surface area is 130 Å². The molecule has 0 aliphatic rings. The number of carbonyl (C=O) groups is 1. The van der Waals surface area contributed by atoms with Crippen LogP contribution in [0.15, 0.2) is 54.6 Å². The van der Waals surface area contributed by atoms with Gasteiger partial charge in [-0.25, -0.2) is 0 Å². The molecule has 3 N–H and O–H groups in total. The Morgan fingerprint density at radius 2 is 1.76 bits per heavy atom. The van der Waals surface area contributed by atoms with Crippen LogP contribution in [0.1, 0.15) is 36.6 Å². The van der Waals surface area contributed by atoms with Crippen molar-refractivity contribution in [2.45, 2.75) is 25.4 Å². The molecule has 0 spiro atoms. The van der Waals surface area contributed by atoms with Crippen LogP contribution in [0.5, 0.6) is 0 Å². The number of nitrogens with two attached hydrogens (primary N) is 1. The number of halogens is 1. The Kier molecular flexibility index (Phi) is 5.37. The number of rotatable bonds is 5. The lowest BCUT2D eigenvalue weighted by atomic mass is 10.0. The van der Waals surface area contributed by atoms with Gasteiger partial charge in [0, 0.05) is 17.5 Å². The molecule has 0 bridgehead atoms. The number of amides is 1. The van der Waals surface area contributed by atoms with E-state index in [0.29, 0.717) is 5.02 Å². The highest BCUT2D eigenvalue weighted by Crippen LogP contribution is 2.22. The van der Waals surface area contributed by atoms with Crippen LogP contribution in [0.2, 0.25) is 5.02 Å². The summed E-state index contributed by atoms with van der Waals surface area (Å²) in [5.74, 6) is -0.0845. The number of hydrogen-bond donors (Lipinski definition) is 2. The minimum absolute atomic E-state index is 0.0845. The van der Waals surface area contributed by atoms with Crippen molar-refractivity contribution in [2.24, 2.45) is 5.73 Å². The van der Waals surface area contributed by atoms with E-state index in [1.54, 1.807) is 0 Å². The first kappa shape index (κ1) is 15.5. The first-order valence-electron chi connectivity index (χ1n) is 6.92. The summed E-state index contributed by atoms with van der Waals surface area (Å²) in [7, 11) is 0. The van der Waals surface area contributed by atoms with Crippen molar-refractivity contribution in [1.82, 2.24) is 5.32 Å². The zero-order valence-electron chi connectivity index (χ0n) is 11.9. The molecule has 21 heavy (non-hydrogen) atoms. The van der Waals surface area contributed by atoms with Crippen molar-refractivity contribution in [3.8, 4) is 0 Å². The van der Waals surface area contributed by atoms with Crippen LogP contribution in [-0.4, -0.2) is 5.91 Å². The van der Waals surface area contributed by atoms with Gasteiger partial charge in [-0.2, -0.15) is 0 Å². The zero-order valence-corrected chi connectivity index (χ0v) is 12.7. The van der Waals surface area contributed by atoms with Crippen molar-refractivity contribution in [2.75, 3.05) is 0 Å². The summed E-state index contributed by atoms with van der Waals surface area (Å²) in [6.45, 7) is 1.91. The fraction of sp³-hybridized carbons (Fsp3) is 0.235. The molecule has 0 saturated carbocycles. The lowest BCUT2D eigenvalue weighted by Crippen LogP contribution is -2.29. The summed E-state index contributed by atoms with van der Waals surface area (Å²) in [6, 6.07) is 16.7. The molecule has 4 heteroatoms. The van der Waals surface area contributed by atoms with Gasteiger partial charge in [0.05, 0.1) is 6.04 Å². The average Bonchev–Trinajstić information content (AvgIpc) is 2.48. The molecule has 2 aromatic rings. The topological polar surface area (TPSA) is 55.1 Å². The molecule has 110 valence electrons. The maximum Gasteiger partial charge on any atom is 0.222 e. The maximum absolute atomic E-state index is 12.1. The third kappa shape index (κ3) is 4.31. The van der Waals surface area contributed by atoms with E-state index < -0.39 is 0 Å². The molecule has 0 aromatic heterocycles. The van der Waals surface area contributed by atoms with Gasteiger partial charge in [-0.15, -0.1) is 0 Å². The normalized spacial score (nSPS) is 13.5. The molecule has 2 aromatic carbocycles. The van der Waals surface area contributed by atoms with Crippen LogP contribution >= 0.6 is 11.6 Å². The van der Waals surface area contributed by atoms with Gasteiger partial charge in [-0.1, -0.05) is 60.1 Å². The minimum Gasteiger partial charge on any atom is -0.349 e. The van der Waals surface area contributed by atoms with Crippen LogP contribution < -0.4 is 11.1 Å². The number of hydrogen-bond acceptors (Lipinski definition) is 2. The van der Waals surface area contributed by atoms with Crippen LogP contribution in [0.4, 0.5) is 0 Å². The zero-order chi connectivity index (χ0) is 15.2. The van der Waals surface area contributed by atoms with E-state index in [0.717, 1.165) is 11.1 Å². The van der Waals surface area contributed by atoms with E-state index in [-0.39, 0.29) is 24.4 Å². The summed E-state index contributed by atoms with van der Waals surface area (Å²) >= 11 is 6.13. The quantitative estimate of drug-likeness (QED) is 0.886. The monoisotopic (exact) mass is 302 g/mol. The second kappa shape index (κ2) is 7.25. The van der Waals surface area contributed by atoms with E-state index in [1.165, 1.54) is 0 Å². The van der Waals surface area contributed by atoms with Crippen molar-refractivity contribution in [1.29, 1.82) is 0 Å². The number of benzene rings is 2. The second-order valence-corrected chi connectivity index (χ2v) is 5.44. The Morgan fingerprint density at radius 1 is 1.14 bits per heavy atom. The first-order chi connectivity index (χ1) is 10.1. The second-order valence-electron chi connectivity index (χ2n) is 5.03. The standard InChI is InChI=1S/C17H19ClN2O/c1-12(14-9-5-6-10-15(14)18)20-17(21)11-16(19)13-7-3-2-4-8-13/h2-10,12,16H,11,19H2,1H3,(H,20,21)/t12-,16?/m1/s1. The van der Waals surface area contributed by atoms with Gasteiger partial charge in [0.15, 0.2) is 0 Å². The van der Waals surface area contributed by atoms with Crippen LogP contribution in [-0.2, 0) is 4.79 Å². The van der Waals surface area contributed by atoms with Crippen LogP contribution in [0, 0.1) is 0 Å². The third-order valence-corrected chi connectivity index (χ3v) is 3.73.